The fraction of sp³-hybridized carbons (Fsp3) is 0.368. The molecule has 0 aliphatic rings. The Hall–Kier alpha value is -1.78. The Morgan fingerprint density at radius 1 is 1.32 bits per heavy atom. The van der Waals surface area contributed by atoms with Crippen molar-refractivity contribution in [1.82, 2.24) is 14.7 Å². The number of nitrogens with zero attached hydrogens (tertiary/aromatic N) is 3. The first kappa shape index (κ1) is 19.5. The zero-order valence-corrected chi connectivity index (χ0v) is 16.5. The number of aryl methyl sites for hydroxylation is 1. The van der Waals surface area contributed by atoms with E-state index in [0.29, 0.717) is 22.6 Å². The summed E-state index contributed by atoms with van der Waals surface area (Å²) in [6.45, 7) is 7.29. The maximum atomic E-state index is 12.4. The summed E-state index contributed by atoms with van der Waals surface area (Å²) in [5.41, 5.74) is 2.50. The summed E-state index contributed by atoms with van der Waals surface area (Å²) in [7, 11) is 1.74. The molecule has 0 aliphatic heterocycles. The molecule has 0 aliphatic carbocycles. The van der Waals surface area contributed by atoms with E-state index in [9.17, 15) is 4.79 Å². The van der Waals surface area contributed by atoms with Crippen molar-refractivity contribution in [3.63, 3.8) is 0 Å². The number of benzene rings is 1. The number of rotatable bonds is 6. The molecule has 1 heterocycles. The molecule has 1 aromatic carbocycles. The summed E-state index contributed by atoms with van der Waals surface area (Å²) in [6, 6.07) is 7.50. The molecule has 0 saturated carbocycles. The van der Waals surface area contributed by atoms with Gasteiger partial charge < -0.3 is 4.90 Å². The zero-order chi connectivity index (χ0) is 18.6. The van der Waals surface area contributed by atoms with Crippen molar-refractivity contribution in [3.05, 3.63) is 57.3 Å². The molecule has 0 N–H and O–H groups in total. The van der Waals surface area contributed by atoms with Gasteiger partial charge in [-0.05, 0) is 30.5 Å². The largest absolute Gasteiger partial charge is 0.338 e. The molecule has 1 amide bonds. The lowest BCUT2D eigenvalue weighted by Gasteiger charge is -2.16. The summed E-state index contributed by atoms with van der Waals surface area (Å²) in [6.07, 6.45) is 3.25. The van der Waals surface area contributed by atoms with Gasteiger partial charge in [-0.3, -0.25) is 9.48 Å². The summed E-state index contributed by atoms with van der Waals surface area (Å²) in [4.78, 5) is 14.0. The van der Waals surface area contributed by atoms with Gasteiger partial charge >= 0.3 is 0 Å². The number of hydrogen-bond acceptors (Lipinski definition) is 2. The number of hydrogen-bond donors (Lipinski definition) is 0. The van der Waals surface area contributed by atoms with Crippen LogP contribution in [0.5, 0.6) is 0 Å². The van der Waals surface area contributed by atoms with Gasteiger partial charge in [0.25, 0.3) is 0 Å². The van der Waals surface area contributed by atoms with E-state index in [4.69, 9.17) is 23.2 Å². The van der Waals surface area contributed by atoms with Crippen LogP contribution in [-0.2, 0) is 17.9 Å². The molecule has 0 bridgehead atoms. The van der Waals surface area contributed by atoms with Crippen molar-refractivity contribution >= 4 is 35.2 Å². The number of likely N-dealkylation sites (N-methyl/N-ethyl adjacent to an activating group) is 1. The minimum Gasteiger partial charge on any atom is -0.338 e. The number of carbonyl (C=O) groups excluding carboxylic acids is 1. The molecule has 25 heavy (non-hydrogen) atoms. The first-order valence-electron chi connectivity index (χ1n) is 8.19. The second kappa shape index (κ2) is 8.54. The van der Waals surface area contributed by atoms with Crippen LogP contribution in [0.4, 0.5) is 0 Å². The highest BCUT2D eigenvalue weighted by Gasteiger charge is 2.13. The summed E-state index contributed by atoms with van der Waals surface area (Å²) < 4.78 is 1.78. The minimum absolute atomic E-state index is 0.119. The second-order valence-electron chi connectivity index (χ2n) is 6.48. The van der Waals surface area contributed by atoms with Crippen molar-refractivity contribution in [3.8, 4) is 0 Å². The van der Waals surface area contributed by atoms with Gasteiger partial charge in [-0.2, -0.15) is 5.10 Å². The molecule has 134 valence electrons. The third-order valence-electron chi connectivity index (χ3n) is 3.78. The van der Waals surface area contributed by atoms with E-state index in [1.54, 1.807) is 22.7 Å². The molecule has 0 fully saturated rings. The van der Waals surface area contributed by atoms with Crippen molar-refractivity contribution < 1.29 is 4.79 Å². The Morgan fingerprint density at radius 3 is 2.64 bits per heavy atom. The highest BCUT2D eigenvalue weighted by Crippen LogP contribution is 2.22. The lowest BCUT2D eigenvalue weighted by Crippen LogP contribution is -2.24. The van der Waals surface area contributed by atoms with E-state index in [1.807, 2.05) is 31.2 Å². The number of carbonyl (C=O) groups is 1. The molecule has 2 aromatic rings. The van der Waals surface area contributed by atoms with Crippen molar-refractivity contribution in [1.29, 1.82) is 0 Å². The van der Waals surface area contributed by atoms with Crippen LogP contribution in [0.3, 0.4) is 0 Å². The molecule has 4 nitrogen and oxygen atoms in total. The Balaban J connectivity index is 2.09. The van der Waals surface area contributed by atoms with Crippen LogP contribution < -0.4 is 0 Å². The first-order chi connectivity index (χ1) is 11.8. The van der Waals surface area contributed by atoms with E-state index >= 15 is 0 Å². The van der Waals surface area contributed by atoms with Crippen LogP contribution in [0, 0.1) is 12.8 Å². The molecule has 0 saturated heterocycles. The lowest BCUT2D eigenvalue weighted by atomic mass is 10.2. The van der Waals surface area contributed by atoms with E-state index in [2.05, 4.69) is 18.9 Å². The monoisotopic (exact) mass is 379 g/mol. The SMILES string of the molecule is Cc1nn(CC(C)C)c(Cl)c1/C=C/C(=O)N(C)Cc1ccccc1Cl. The molecule has 1 aromatic heterocycles. The average Bonchev–Trinajstić information content (AvgIpc) is 2.80. The smallest absolute Gasteiger partial charge is 0.246 e. The number of halogens is 2. The van der Waals surface area contributed by atoms with Gasteiger partial charge in [0.15, 0.2) is 0 Å². The molecule has 0 spiro atoms. The highest BCUT2D eigenvalue weighted by atomic mass is 35.5. The Morgan fingerprint density at radius 2 is 2.00 bits per heavy atom. The molecule has 2 rings (SSSR count). The fourth-order valence-electron chi connectivity index (χ4n) is 2.47. The van der Waals surface area contributed by atoms with Gasteiger partial charge in [0, 0.05) is 36.8 Å². The molecular formula is C19H23Cl2N3O. The molecule has 6 heteroatoms. The normalized spacial score (nSPS) is 11.5. The standard InChI is InChI=1S/C19H23Cl2N3O/c1-13(2)11-24-19(21)16(14(3)22-24)9-10-18(25)23(4)12-15-7-5-6-8-17(15)20/h5-10,13H,11-12H2,1-4H3/b10-9+. The lowest BCUT2D eigenvalue weighted by molar-refractivity contribution is -0.125. The van der Waals surface area contributed by atoms with Crippen LogP contribution in [-0.4, -0.2) is 27.6 Å². The Bertz CT molecular complexity index is 781. The van der Waals surface area contributed by atoms with Crippen LogP contribution in [0.25, 0.3) is 6.08 Å². The van der Waals surface area contributed by atoms with Crippen LogP contribution in [0.2, 0.25) is 10.2 Å². The quantitative estimate of drug-likeness (QED) is 0.674. The Kier molecular flexibility index (Phi) is 6.68. The zero-order valence-electron chi connectivity index (χ0n) is 15.0. The van der Waals surface area contributed by atoms with Gasteiger partial charge in [-0.25, -0.2) is 0 Å². The molecule has 0 radical (unpaired) electrons. The summed E-state index contributed by atoms with van der Waals surface area (Å²) in [5.74, 6) is 0.323. The number of amides is 1. The average molecular weight is 380 g/mol. The minimum atomic E-state index is -0.119. The van der Waals surface area contributed by atoms with Crippen LogP contribution in [0.1, 0.15) is 30.7 Å². The molecule has 0 unspecified atom stereocenters. The highest BCUT2D eigenvalue weighted by molar-refractivity contribution is 6.31. The maximum absolute atomic E-state index is 12.4. The van der Waals surface area contributed by atoms with Crippen LogP contribution in [0.15, 0.2) is 30.3 Å². The summed E-state index contributed by atoms with van der Waals surface area (Å²) in [5, 5.41) is 5.66. The van der Waals surface area contributed by atoms with Gasteiger partial charge in [-0.15, -0.1) is 0 Å². The van der Waals surface area contributed by atoms with Gasteiger partial charge in [-0.1, -0.05) is 55.2 Å². The number of aromatic nitrogens is 2. The molecular weight excluding hydrogens is 357 g/mol. The molecule has 0 atom stereocenters. The topological polar surface area (TPSA) is 38.1 Å². The van der Waals surface area contributed by atoms with Crippen molar-refractivity contribution in [2.45, 2.75) is 33.9 Å². The van der Waals surface area contributed by atoms with Crippen molar-refractivity contribution in [2.24, 2.45) is 5.92 Å². The summed E-state index contributed by atoms with van der Waals surface area (Å²) >= 11 is 12.5. The van der Waals surface area contributed by atoms with Crippen LogP contribution >= 0.6 is 23.2 Å². The third kappa shape index (κ3) is 5.10. The fourth-order valence-corrected chi connectivity index (χ4v) is 2.97. The second-order valence-corrected chi connectivity index (χ2v) is 7.25. The third-order valence-corrected chi connectivity index (χ3v) is 4.55. The van der Waals surface area contributed by atoms with Gasteiger partial charge in [0.1, 0.15) is 5.15 Å². The van der Waals surface area contributed by atoms with Gasteiger partial charge in [0.2, 0.25) is 5.91 Å². The maximum Gasteiger partial charge on any atom is 0.246 e. The van der Waals surface area contributed by atoms with E-state index in [0.717, 1.165) is 23.4 Å². The predicted octanol–water partition coefficient (Wildman–Crippen LogP) is 4.83. The Labute approximate surface area is 159 Å². The first-order valence-corrected chi connectivity index (χ1v) is 8.94. The predicted molar refractivity (Wildman–Crippen MR) is 104 cm³/mol. The van der Waals surface area contributed by atoms with E-state index < -0.39 is 0 Å². The van der Waals surface area contributed by atoms with E-state index in [1.165, 1.54) is 6.08 Å². The van der Waals surface area contributed by atoms with E-state index in [-0.39, 0.29) is 5.91 Å². The van der Waals surface area contributed by atoms with Gasteiger partial charge in [0.05, 0.1) is 5.69 Å². The van der Waals surface area contributed by atoms with Crippen molar-refractivity contribution in [2.75, 3.05) is 7.05 Å².